The van der Waals surface area contributed by atoms with Crippen LogP contribution in [0, 0.1) is 69.2 Å². The molecule has 0 amide bonds. The van der Waals surface area contributed by atoms with Crippen LogP contribution in [0.5, 0.6) is 0 Å². The van der Waals surface area contributed by atoms with Gasteiger partial charge in [-0.25, -0.2) is 9.03 Å². The highest BCUT2D eigenvalue weighted by Crippen LogP contribution is 2.29. The van der Waals surface area contributed by atoms with E-state index in [0.717, 1.165) is 50.7 Å². The van der Waals surface area contributed by atoms with Crippen LogP contribution in [0.2, 0.25) is 0 Å². The van der Waals surface area contributed by atoms with Gasteiger partial charge in [0.1, 0.15) is 5.82 Å². The second kappa shape index (κ2) is 7.35. The molecule has 0 aliphatic rings. The van der Waals surface area contributed by atoms with Crippen LogP contribution in [0.4, 0.5) is 11.5 Å². The normalized spacial score (nSPS) is 11.3. The third-order valence-corrected chi connectivity index (χ3v) is 6.89. The van der Waals surface area contributed by atoms with Gasteiger partial charge in [0, 0.05) is 5.69 Å². The smallest absolute Gasteiger partial charge is 0.128 e. The van der Waals surface area contributed by atoms with E-state index in [1.807, 2.05) is 36.7 Å². The van der Waals surface area contributed by atoms with Gasteiger partial charge in [0.05, 0.1) is 28.1 Å². The van der Waals surface area contributed by atoms with Gasteiger partial charge in [-0.3, -0.25) is 0 Å². The van der Waals surface area contributed by atoms with Gasteiger partial charge in [0.25, 0.3) is 0 Å². The Balaban J connectivity index is 0.000000171. The molecule has 0 spiro atoms. The second-order valence-electron chi connectivity index (χ2n) is 8.45. The third-order valence-electron chi connectivity index (χ3n) is 6.89. The number of fused-ring (bicyclic) bond motifs is 2. The molecule has 6 heteroatoms. The number of aromatic nitrogens is 4. The molecular weight excluding hydrogens is 372 g/mol. The number of aryl methyl sites for hydroxylation is 6. The van der Waals surface area contributed by atoms with Crippen LogP contribution in [0.1, 0.15) is 56.0 Å². The van der Waals surface area contributed by atoms with Gasteiger partial charge in [-0.15, -0.1) is 0 Å². The molecule has 4 rings (SSSR count). The maximum absolute atomic E-state index is 6.10. The minimum atomic E-state index is 0.758. The monoisotopic (exact) mass is 406 g/mol. The second-order valence-corrected chi connectivity index (χ2v) is 8.45. The van der Waals surface area contributed by atoms with Gasteiger partial charge in [-0.05, 0) is 108 Å². The summed E-state index contributed by atoms with van der Waals surface area (Å²) in [6, 6.07) is 0. The van der Waals surface area contributed by atoms with Crippen molar-refractivity contribution in [2.45, 2.75) is 69.2 Å². The number of hydrogen-bond donors (Lipinski definition) is 2. The molecule has 0 aliphatic heterocycles. The van der Waals surface area contributed by atoms with Gasteiger partial charge >= 0.3 is 0 Å². The molecule has 30 heavy (non-hydrogen) atoms. The fraction of sp³-hybridized carbons (Fsp3) is 0.417. The molecule has 0 aliphatic carbocycles. The molecule has 0 bridgehead atoms. The maximum atomic E-state index is 6.10. The Morgan fingerprint density at radius 2 is 0.933 bits per heavy atom. The Labute approximate surface area is 178 Å². The first-order valence-corrected chi connectivity index (χ1v) is 10.3. The molecule has 4 heterocycles. The van der Waals surface area contributed by atoms with Crippen molar-refractivity contribution in [3.05, 3.63) is 56.0 Å². The molecule has 0 unspecified atom stereocenters. The summed E-state index contributed by atoms with van der Waals surface area (Å²) in [7, 11) is 0. The Morgan fingerprint density at radius 1 is 0.500 bits per heavy atom. The van der Waals surface area contributed by atoms with Crippen molar-refractivity contribution in [3.8, 4) is 0 Å². The van der Waals surface area contributed by atoms with Crippen LogP contribution < -0.4 is 11.5 Å². The fourth-order valence-electron chi connectivity index (χ4n) is 4.00. The van der Waals surface area contributed by atoms with Crippen molar-refractivity contribution < 1.29 is 0 Å². The van der Waals surface area contributed by atoms with Crippen molar-refractivity contribution in [2.24, 2.45) is 0 Å². The Kier molecular flexibility index (Phi) is 5.31. The van der Waals surface area contributed by atoms with E-state index in [1.165, 1.54) is 27.8 Å². The highest BCUT2D eigenvalue weighted by atomic mass is 15.3. The molecule has 0 fully saturated rings. The van der Waals surface area contributed by atoms with Gasteiger partial charge in [-0.1, -0.05) is 0 Å². The Hall–Kier alpha value is -3.02. The average molecular weight is 407 g/mol. The summed E-state index contributed by atoms with van der Waals surface area (Å²) in [5.74, 6) is 0.758. The maximum Gasteiger partial charge on any atom is 0.128 e. The Morgan fingerprint density at radius 3 is 1.47 bits per heavy atom. The van der Waals surface area contributed by atoms with E-state index in [9.17, 15) is 0 Å². The zero-order valence-corrected chi connectivity index (χ0v) is 19.9. The van der Waals surface area contributed by atoms with Gasteiger partial charge in [-0.2, -0.15) is 10.2 Å². The van der Waals surface area contributed by atoms with Crippen LogP contribution >= 0.6 is 0 Å². The van der Waals surface area contributed by atoms with Crippen molar-refractivity contribution in [1.82, 2.24) is 19.2 Å². The lowest BCUT2D eigenvalue weighted by molar-refractivity contribution is 0.853. The SMILES string of the molecule is Cc1nn2c(C)c(C)c(N)c2c(C)c1C.Cc1nn2c(N)c(C)c(C)c2c(C)c1C. The Bertz CT molecular complexity index is 1200. The highest BCUT2D eigenvalue weighted by Gasteiger charge is 2.16. The summed E-state index contributed by atoms with van der Waals surface area (Å²) in [4.78, 5) is 0. The summed E-state index contributed by atoms with van der Waals surface area (Å²) in [5, 5.41) is 9.06. The first-order valence-electron chi connectivity index (χ1n) is 10.3. The van der Waals surface area contributed by atoms with Crippen molar-refractivity contribution >= 4 is 22.5 Å². The molecule has 4 N–H and O–H groups in total. The molecule has 0 aromatic carbocycles. The molecule has 0 radical (unpaired) electrons. The molecule has 4 aromatic rings. The van der Waals surface area contributed by atoms with E-state index < -0.39 is 0 Å². The predicted molar refractivity (Wildman–Crippen MR) is 127 cm³/mol. The number of nitrogen functional groups attached to an aromatic ring is 2. The van der Waals surface area contributed by atoms with Gasteiger partial charge < -0.3 is 11.5 Å². The molecular formula is C24H34N6. The minimum absolute atomic E-state index is 0.758. The largest absolute Gasteiger partial charge is 0.397 e. The highest BCUT2D eigenvalue weighted by molar-refractivity contribution is 5.79. The lowest BCUT2D eigenvalue weighted by atomic mass is 10.1. The lowest BCUT2D eigenvalue weighted by Gasteiger charge is -2.08. The van der Waals surface area contributed by atoms with Crippen LogP contribution in [0.25, 0.3) is 11.0 Å². The molecule has 160 valence electrons. The summed E-state index contributed by atoms with van der Waals surface area (Å²) in [6.45, 7) is 20.7. The quantitative estimate of drug-likeness (QED) is 0.434. The van der Waals surface area contributed by atoms with Crippen LogP contribution in [0.3, 0.4) is 0 Å². The molecule has 6 nitrogen and oxygen atoms in total. The number of hydrogen-bond acceptors (Lipinski definition) is 4. The minimum Gasteiger partial charge on any atom is -0.397 e. The van der Waals surface area contributed by atoms with E-state index >= 15 is 0 Å². The van der Waals surface area contributed by atoms with Gasteiger partial charge in [0.15, 0.2) is 0 Å². The lowest BCUT2D eigenvalue weighted by Crippen LogP contribution is -2.03. The van der Waals surface area contributed by atoms with Gasteiger partial charge in [0.2, 0.25) is 0 Å². The number of rotatable bonds is 0. The van der Waals surface area contributed by atoms with E-state index in [1.54, 1.807) is 0 Å². The standard InChI is InChI=1S/2C12H17N3/c1-6-7(2)11-8(3)9(4)12(13)15(11)14-10(6)5;1-6-7(2)12-11(13)8(3)10(5)15(12)14-9(6)4/h2*13H2,1-5H3. The van der Waals surface area contributed by atoms with Crippen LogP contribution in [-0.2, 0) is 0 Å². The number of nitrogens with zero attached hydrogens (tertiary/aromatic N) is 4. The molecule has 0 saturated heterocycles. The number of nitrogens with two attached hydrogens (primary N) is 2. The first kappa shape index (κ1) is 21.7. The summed E-state index contributed by atoms with van der Waals surface area (Å²) in [6.07, 6.45) is 0. The topological polar surface area (TPSA) is 86.6 Å². The summed E-state index contributed by atoms with van der Waals surface area (Å²) >= 11 is 0. The zero-order chi connectivity index (χ0) is 22.7. The number of anilines is 2. The van der Waals surface area contributed by atoms with E-state index in [-0.39, 0.29) is 0 Å². The zero-order valence-electron chi connectivity index (χ0n) is 19.9. The fourth-order valence-corrected chi connectivity index (χ4v) is 4.00. The molecule has 0 saturated carbocycles. The summed E-state index contributed by atoms with van der Waals surface area (Å²) < 4.78 is 3.82. The van der Waals surface area contributed by atoms with E-state index in [2.05, 4.69) is 51.7 Å². The predicted octanol–water partition coefficient (Wildman–Crippen LogP) is 4.92. The van der Waals surface area contributed by atoms with Crippen molar-refractivity contribution in [2.75, 3.05) is 11.5 Å². The van der Waals surface area contributed by atoms with Crippen LogP contribution in [0.15, 0.2) is 0 Å². The van der Waals surface area contributed by atoms with Crippen LogP contribution in [-0.4, -0.2) is 19.2 Å². The molecule has 4 aromatic heterocycles. The van der Waals surface area contributed by atoms with Crippen molar-refractivity contribution in [1.29, 1.82) is 0 Å². The average Bonchev–Trinajstić information content (AvgIpc) is 3.05. The van der Waals surface area contributed by atoms with E-state index in [4.69, 9.17) is 11.5 Å². The summed E-state index contributed by atoms with van der Waals surface area (Å²) in [5.41, 5.74) is 27.0. The third kappa shape index (κ3) is 3.02. The first-order chi connectivity index (χ1) is 13.9. The van der Waals surface area contributed by atoms with E-state index in [0.29, 0.717) is 0 Å². The van der Waals surface area contributed by atoms with Crippen molar-refractivity contribution in [3.63, 3.8) is 0 Å². The molecule has 0 atom stereocenters.